The summed E-state index contributed by atoms with van der Waals surface area (Å²) in [5.74, 6) is 3.62. The van der Waals surface area contributed by atoms with Gasteiger partial charge < -0.3 is 10.2 Å². The van der Waals surface area contributed by atoms with Crippen LogP contribution in [0.15, 0.2) is 11.6 Å². The van der Waals surface area contributed by atoms with Crippen LogP contribution in [0.3, 0.4) is 0 Å². The Balaban J connectivity index is 1.62. The zero-order valence-electron chi connectivity index (χ0n) is 17.4. The summed E-state index contributed by atoms with van der Waals surface area (Å²) >= 11 is 0. The summed E-state index contributed by atoms with van der Waals surface area (Å²) < 4.78 is 0. The van der Waals surface area contributed by atoms with Gasteiger partial charge in [0, 0.05) is 6.61 Å². The molecule has 3 fully saturated rings. The summed E-state index contributed by atoms with van der Waals surface area (Å²) in [6.07, 6.45) is 13.1. The third-order valence-electron chi connectivity index (χ3n) is 9.96. The molecule has 0 unspecified atom stereocenters. The number of hydrogen-bond acceptors (Lipinski definition) is 2. The summed E-state index contributed by atoms with van der Waals surface area (Å²) in [4.78, 5) is 0. The average Bonchev–Trinajstić information content (AvgIpc) is 2.99. The van der Waals surface area contributed by atoms with Crippen molar-refractivity contribution in [2.45, 2.75) is 91.1 Å². The van der Waals surface area contributed by atoms with E-state index in [9.17, 15) is 10.2 Å². The zero-order valence-corrected chi connectivity index (χ0v) is 17.4. The predicted molar refractivity (Wildman–Crippen MR) is 107 cm³/mol. The molecule has 3 saturated carbocycles. The van der Waals surface area contributed by atoms with Crippen molar-refractivity contribution in [3.05, 3.63) is 11.6 Å². The molecule has 4 rings (SSSR count). The first-order chi connectivity index (χ1) is 12.3. The van der Waals surface area contributed by atoms with E-state index in [1.165, 1.54) is 38.5 Å². The van der Waals surface area contributed by atoms with E-state index in [1.807, 2.05) is 0 Å². The number of allylic oxidation sites excluding steroid dienone is 1. The van der Waals surface area contributed by atoms with Crippen LogP contribution in [0.4, 0.5) is 0 Å². The number of hydrogen-bond donors (Lipinski definition) is 2. The molecule has 0 bridgehead atoms. The highest BCUT2D eigenvalue weighted by Crippen LogP contribution is 2.67. The van der Waals surface area contributed by atoms with Gasteiger partial charge in [0.15, 0.2) is 0 Å². The lowest BCUT2D eigenvalue weighted by Crippen LogP contribution is -2.52. The minimum Gasteiger partial charge on any atom is -0.396 e. The zero-order chi connectivity index (χ0) is 18.7. The van der Waals surface area contributed by atoms with Crippen LogP contribution in [0, 0.1) is 40.4 Å². The summed E-state index contributed by atoms with van der Waals surface area (Å²) in [5, 5.41) is 20.6. The lowest BCUT2D eigenvalue weighted by molar-refractivity contribution is -0.0769. The maximum absolute atomic E-state index is 10.9. The standard InChI is InChI=1S/C24H40O2/c1-5-24(26)13-12-22(3)17(14-24)6-7-18-20-9-8-19(16(2)15-25)23(20,4)11-10-21(18)22/h6,16,18-21,25-26H,5,7-15H2,1-4H3/t16-,18+,19-,20+,21+,22+,23-,24+/m1/s1. The minimum atomic E-state index is -0.448. The van der Waals surface area contributed by atoms with Gasteiger partial charge in [-0.15, -0.1) is 0 Å². The first-order valence-electron chi connectivity index (χ1n) is 11.3. The second-order valence-corrected chi connectivity index (χ2v) is 10.9. The number of fused-ring (bicyclic) bond motifs is 5. The van der Waals surface area contributed by atoms with Gasteiger partial charge >= 0.3 is 0 Å². The van der Waals surface area contributed by atoms with Gasteiger partial charge in [0.1, 0.15) is 0 Å². The monoisotopic (exact) mass is 360 g/mol. The molecule has 148 valence electrons. The van der Waals surface area contributed by atoms with Gasteiger partial charge in [0.05, 0.1) is 5.60 Å². The molecule has 0 spiro atoms. The molecule has 8 atom stereocenters. The second-order valence-electron chi connectivity index (χ2n) is 10.9. The molecule has 26 heavy (non-hydrogen) atoms. The highest BCUT2D eigenvalue weighted by atomic mass is 16.3. The molecule has 0 heterocycles. The van der Waals surface area contributed by atoms with Crippen molar-refractivity contribution in [2.75, 3.05) is 6.61 Å². The van der Waals surface area contributed by atoms with Crippen molar-refractivity contribution in [3.63, 3.8) is 0 Å². The van der Waals surface area contributed by atoms with E-state index >= 15 is 0 Å². The van der Waals surface area contributed by atoms with Gasteiger partial charge in [-0.3, -0.25) is 0 Å². The van der Waals surface area contributed by atoms with Crippen LogP contribution < -0.4 is 0 Å². The summed E-state index contributed by atoms with van der Waals surface area (Å²) in [7, 11) is 0. The fourth-order valence-electron chi connectivity index (χ4n) is 8.12. The average molecular weight is 361 g/mol. The van der Waals surface area contributed by atoms with Crippen molar-refractivity contribution in [2.24, 2.45) is 40.4 Å². The minimum absolute atomic E-state index is 0.326. The normalized spacial score (nSPS) is 51.8. The van der Waals surface area contributed by atoms with Crippen LogP contribution in [-0.2, 0) is 0 Å². The Bertz CT molecular complexity index is 583. The Morgan fingerprint density at radius 1 is 1.12 bits per heavy atom. The van der Waals surface area contributed by atoms with Gasteiger partial charge in [-0.2, -0.15) is 0 Å². The summed E-state index contributed by atoms with van der Waals surface area (Å²) in [5.41, 5.74) is 1.89. The number of rotatable bonds is 3. The highest BCUT2D eigenvalue weighted by Gasteiger charge is 2.59. The molecule has 0 aliphatic heterocycles. The molecule has 0 radical (unpaired) electrons. The van der Waals surface area contributed by atoms with Crippen molar-refractivity contribution in [1.82, 2.24) is 0 Å². The van der Waals surface area contributed by atoms with Crippen molar-refractivity contribution >= 4 is 0 Å². The van der Waals surface area contributed by atoms with Gasteiger partial charge in [-0.25, -0.2) is 0 Å². The maximum atomic E-state index is 10.9. The highest BCUT2D eigenvalue weighted by molar-refractivity contribution is 5.27. The fraction of sp³-hybridized carbons (Fsp3) is 0.917. The Morgan fingerprint density at radius 2 is 1.88 bits per heavy atom. The fourth-order valence-corrected chi connectivity index (χ4v) is 8.12. The largest absolute Gasteiger partial charge is 0.396 e. The van der Waals surface area contributed by atoms with E-state index in [0.29, 0.717) is 29.3 Å². The number of aliphatic hydroxyl groups excluding tert-OH is 1. The molecule has 2 heteroatoms. The molecule has 4 aliphatic carbocycles. The maximum Gasteiger partial charge on any atom is 0.0682 e. The third-order valence-corrected chi connectivity index (χ3v) is 9.96. The summed E-state index contributed by atoms with van der Waals surface area (Å²) in [6, 6.07) is 0. The smallest absolute Gasteiger partial charge is 0.0682 e. The lowest BCUT2D eigenvalue weighted by atomic mass is 9.46. The molecule has 0 aromatic rings. The van der Waals surface area contributed by atoms with E-state index in [2.05, 4.69) is 33.8 Å². The molecule has 2 N–H and O–H groups in total. The molecular weight excluding hydrogens is 320 g/mol. The van der Waals surface area contributed by atoms with Crippen molar-refractivity contribution in [1.29, 1.82) is 0 Å². The van der Waals surface area contributed by atoms with E-state index in [1.54, 1.807) is 5.57 Å². The van der Waals surface area contributed by atoms with Crippen LogP contribution >= 0.6 is 0 Å². The Kier molecular flexibility index (Phi) is 4.63. The second kappa shape index (κ2) is 6.34. The lowest BCUT2D eigenvalue weighted by Gasteiger charge is -2.59. The van der Waals surface area contributed by atoms with Gasteiger partial charge in [0.2, 0.25) is 0 Å². The quantitative estimate of drug-likeness (QED) is 0.667. The molecule has 0 amide bonds. The summed E-state index contributed by atoms with van der Waals surface area (Å²) in [6.45, 7) is 9.82. The van der Waals surface area contributed by atoms with Gasteiger partial charge in [0.25, 0.3) is 0 Å². The molecule has 0 saturated heterocycles. The first kappa shape index (κ1) is 19.0. The van der Waals surface area contributed by atoms with E-state index in [0.717, 1.165) is 37.0 Å². The SMILES string of the molecule is CC[C@]1(O)CC[C@@]2(C)C(=CC[C@H]3[C@@H]4CC[C@H]([C@H](C)CO)[C@@]4(C)CC[C@@H]32)C1. The van der Waals surface area contributed by atoms with E-state index < -0.39 is 5.60 Å². The molecular formula is C24H40O2. The molecule has 0 aromatic heterocycles. The van der Waals surface area contributed by atoms with Crippen LogP contribution in [0.1, 0.15) is 85.5 Å². The Labute approximate surface area is 160 Å². The predicted octanol–water partition coefficient (Wildman–Crippen LogP) is 5.33. The van der Waals surface area contributed by atoms with Gasteiger partial charge in [-0.05, 0) is 98.2 Å². The van der Waals surface area contributed by atoms with Gasteiger partial charge in [-0.1, -0.05) is 39.3 Å². The molecule has 4 aliphatic rings. The molecule has 0 aromatic carbocycles. The van der Waals surface area contributed by atoms with Crippen LogP contribution in [0.25, 0.3) is 0 Å². The first-order valence-corrected chi connectivity index (χ1v) is 11.3. The Morgan fingerprint density at radius 3 is 2.58 bits per heavy atom. The van der Waals surface area contributed by atoms with E-state index in [-0.39, 0.29) is 0 Å². The molecule has 2 nitrogen and oxygen atoms in total. The van der Waals surface area contributed by atoms with E-state index in [4.69, 9.17) is 0 Å². The van der Waals surface area contributed by atoms with Crippen LogP contribution in [0.5, 0.6) is 0 Å². The Hall–Kier alpha value is -0.340. The number of aliphatic hydroxyl groups is 2. The topological polar surface area (TPSA) is 40.5 Å². The third kappa shape index (κ3) is 2.58. The van der Waals surface area contributed by atoms with Crippen molar-refractivity contribution < 1.29 is 10.2 Å². The van der Waals surface area contributed by atoms with Crippen LogP contribution in [0.2, 0.25) is 0 Å². The van der Waals surface area contributed by atoms with Crippen molar-refractivity contribution in [3.8, 4) is 0 Å². The van der Waals surface area contributed by atoms with Crippen LogP contribution in [-0.4, -0.2) is 22.4 Å².